The predicted molar refractivity (Wildman–Crippen MR) is 112 cm³/mol. The molecule has 0 aromatic heterocycles. The third-order valence-corrected chi connectivity index (χ3v) is 5.66. The van der Waals surface area contributed by atoms with E-state index in [2.05, 4.69) is 28.0 Å². The van der Waals surface area contributed by atoms with Gasteiger partial charge < -0.3 is 0 Å². The zero-order valence-corrected chi connectivity index (χ0v) is 17.0. The Labute approximate surface area is 169 Å². The van der Waals surface area contributed by atoms with Gasteiger partial charge in [-0.25, -0.2) is 0 Å². The highest BCUT2D eigenvalue weighted by atomic mass is 35.5. The number of likely N-dealkylation sites (tertiary alicyclic amines) is 1. The van der Waals surface area contributed by atoms with Crippen molar-refractivity contribution in [2.75, 3.05) is 39.3 Å². The van der Waals surface area contributed by atoms with E-state index >= 15 is 0 Å². The molecule has 1 saturated heterocycles. The number of carbonyl (C=O) groups is 1. The van der Waals surface area contributed by atoms with Crippen LogP contribution in [0.5, 0.6) is 0 Å². The van der Waals surface area contributed by atoms with Gasteiger partial charge in [0.05, 0.1) is 18.2 Å². The van der Waals surface area contributed by atoms with E-state index in [4.69, 9.17) is 5.26 Å². The van der Waals surface area contributed by atoms with Gasteiger partial charge in [-0.3, -0.25) is 14.6 Å². The largest absolute Gasteiger partial charge is 0.299 e. The van der Waals surface area contributed by atoms with E-state index in [9.17, 15) is 4.79 Å². The van der Waals surface area contributed by atoms with E-state index in [-0.39, 0.29) is 18.2 Å². The topological polar surface area (TPSA) is 47.3 Å². The lowest BCUT2D eigenvalue weighted by atomic mass is 9.92. The molecule has 2 aliphatic heterocycles. The lowest BCUT2D eigenvalue weighted by molar-refractivity contribution is -0.118. The van der Waals surface area contributed by atoms with Crippen molar-refractivity contribution < 1.29 is 4.79 Å². The summed E-state index contributed by atoms with van der Waals surface area (Å²) >= 11 is 0. The summed E-state index contributed by atoms with van der Waals surface area (Å²) in [5.74, 6) is 1.08. The zero-order valence-electron chi connectivity index (χ0n) is 16.2. The minimum absolute atomic E-state index is 0. The van der Waals surface area contributed by atoms with Gasteiger partial charge in [-0.05, 0) is 81.4 Å². The summed E-state index contributed by atoms with van der Waals surface area (Å²) in [6.45, 7) is 7.73. The normalized spacial score (nSPS) is 19.0. The zero-order chi connectivity index (χ0) is 18.4. The van der Waals surface area contributed by atoms with Gasteiger partial charge in [0.2, 0.25) is 0 Å². The lowest BCUT2D eigenvalue weighted by Gasteiger charge is -2.33. The molecule has 0 aliphatic carbocycles. The van der Waals surface area contributed by atoms with Gasteiger partial charge in [0.15, 0.2) is 0 Å². The molecular formula is C22H30ClN3O. The lowest BCUT2D eigenvalue weighted by Crippen LogP contribution is -2.38. The first kappa shape index (κ1) is 21.6. The van der Waals surface area contributed by atoms with Crippen LogP contribution in [-0.2, 0) is 4.79 Å². The van der Waals surface area contributed by atoms with E-state index < -0.39 is 0 Å². The number of rotatable bonds is 6. The van der Waals surface area contributed by atoms with E-state index in [0.29, 0.717) is 6.54 Å². The highest BCUT2D eigenvalue weighted by Crippen LogP contribution is 2.25. The summed E-state index contributed by atoms with van der Waals surface area (Å²) in [5.41, 5.74) is 3.30. The molecule has 3 rings (SSSR count). The molecule has 0 saturated carbocycles. The molecule has 0 unspecified atom stereocenters. The van der Waals surface area contributed by atoms with Crippen LogP contribution in [0, 0.1) is 17.2 Å². The number of hydrogen-bond acceptors (Lipinski definition) is 4. The van der Waals surface area contributed by atoms with Gasteiger partial charge in [0.1, 0.15) is 5.78 Å². The van der Waals surface area contributed by atoms with Crippen LogP contribution in [0.25, 0.3) is 5.57 Å². The van der Waals surface area contributed by atoms with Crippen molar-refractivity contribution in [1.29, 1.82) is 5.26 Å². The molecule has 0 amide bonds. The third-order valence-electron chi connectivity index (χ3n) is 5.66. The first-order valence-electron chi connectivity index (χ1n) is 9.78. The Kier molecular flexibility index (Phi) is 8.50. The van der Waals surface area contributed by atoms with Gasteiger partial charge in [-0.2, -0.15) is 5.26 Å². The third kappa shape index (κ3) is 6.46. The summed E-state index contributed by atoms with van der Waals surface area (Å²) in [5, 5.41) is 9.06. The van der Waals surface area contributed by atoms with E-state index in [1.54, 1.807) is 6.92 Å². The van der Waals surface area contributed by atoms with Gasteiger partial charge in [-0.15, -0.1) is 12.4 Å². The van der Waals surface area contributed by atoms with Crippen molar-refractivity contribution >= 4 is 23.8 Å². The SMILES string of the molecule is CC(=O)CN1CCC(CCN2CC=C(c3cccc(C#N)c3)CC2)CC1.Cl. The van der Waals surface area contributed by atoms with Gasteiger partial charge in [0.25, 0.3) is 0 Å². The molecule has 0 N–H and O–H groups in total. The molecule has 27 heavy (non-hydrogen) atoms. The van der Waals surface area contributed by atoms with Gasteiger partial charge in [-0.1, -0.05) is 18.2 Å². The molecule has 5 heteroatoms. The predicted octanol–water partition coefficient (Wildman–Crippen LogP) is 3.76. The van der Waals surface area contributed by atoms with Crippen LogP contribution >= 0.6 is 12.4 Å². The summed E-state index contributed by atoms with van der Waals surface area (Å²) in [6, 6.07) is 10.2. The maximum Gasteiger partial charge on any atom is 0.143 e. The van der Waals surface area contributed by atoms with Gasteiger partial charge in [0, 0.05) is 13.1 Å². The van der Waals surface area contributed by atoms with Crippen LogP contribution in [0.4, 0.5) is 0 Å². The fourth-order valence-electron chi connectivity index (χ4n) is 4.08. The number of piperidine rings is 1. The molecule has 146 valence electrons. The van der Waals surface area contributed by atoms with Crippen LogP contribution in [-0.4, -0.2) is 54.9 Å². The first-order valence-corrected chi connectivity index (χ1v) is 9.78. The van der Waals surface area contributed by atoms with Crippen LogP contribution in [0.3, 0.4) is 0 Å². The second-order valence-electron chi connectivity index (χ2n) is 7.68. The number of carbonyl (C=O) groups excluding carboxylic acids is 1. The van der Waals surface area contributed by atoms with Gasteiger partial charge >= 0.3 is 0 Å². The van der Waals surface area contributed by atoms with E-state index in [1.165, 1.54) is 36.9 Å². The maximum absolute atomic E-state index is 11.2. The Morgan fingerprint density at radius 2 is 2.00 bits per heavy atom. The van der Waals surface area contributed by atoms with Crippen LogP contribution in [0.15, 0.2) is 30.3 Å². The van der Waals surface area contributed by atoms with Crippen molar-refractivity contribution in [2.24, 2.45) is 5.92 Å². The average Bonchev–Trinajstić information content (AvgIpc) is 2.67. The quantitative estimate of drug-likeness (QED) is 0.745. The number of hydrogen-bond donors (Lipinski definition) is 0. The molecular weight excluding hydrogens is 358 g/mol. The second-order valence-corrected chi connectivity index (χ2v) is 7.68. The summed E-state index contributed by atoms with van der Waals surface area (Å²) in [7, 11) is 0. The average molecular weight is 388 g/mol. The fraction of sp³-hybridized carbons (Fsp3) is 0.545. The van der Waals surface area contributed by atoms with Crippen LogP contribution in [0.1, 0.15) is 43.7 Å². The summed E-state index contributed by atoms with van der Waals surface area (Å²) < 4.78 is 0. The highest BCUT2D eigenvalue weighted by Gasteiger charge is 2.21. The van der Waals surface area contributed by atoms with Crippen molar-refractivity contribution in [3.05, 3.63) is 41.5 Å². The molecule has 0 bridgehead atoms. The minimum atomic E-state index is 0. The number of ketones is 1. The molecule has 1 aromatic carbocycles. The number of benzene rings is 1. The van der Waals surface area contributed by atoms with Crippen molar-refractivity contribution in [3.8, 4) is 6.07 Å². The fourth-order valence-corrected chi connectivity index (χ4v) is 4.08. The Balaban J connectivity index is 0.00000261. The second kappa shape index (κ2) is 10.6. The minimum Gasteiger partial charge on any atom is -0.299 e. The number of Topliss-reactive ketones (excluding diaryl/α,β-unsaturated/α-hetero) is 1. The van der Waals surface area contributed by atoms with E-state index in [1.807, 2.05) is 18.2 Å². The van der Waals surface area contributed by atoms with Crippen molar-refractivity contribution in [3.63, 3.8) is 0 Å². The number of nitriles is 1. The maximum atomic E-state index is 11.2. The molecule has 4 nitrogen and oxygen atoms in total. The molecule has 0 spiro atoms. The smallest absolute Gasteiger partial charge is 0.143 e. The summed E-state index contributed by atoms with van der Waals surface area (Å²) in [4.78, 5) is 16.1. The molecule has 1 fully saturated rings. The summed E-state index contributed by atoms with van der Waals surface area (Å²) in [6.07, 6.45) is 7.11. The molecule has 2 heterocycles. The number of nitrogens with zero attached hydrogens (tertiary/aromatic N) is 3. The Morgan fingerprint density at radius 1 is 1.22 bits per heavy atom. The standard InChI is InChI=1S/C22H29N3O.ClH/c1-18(26)17-25-11-6-19(7-12-25)5-10-24-13-8-21(9-14-24)22-4-2-3-20(15-22)16-23;/h2-4,8,15,19H,5-7,9-14,17H2,1H3;1H. The Bertz CT molecular complexity index is 702. The Hall–Kier alpha value is -1.67. The van der Waals surface area contributed by atoms with Crippen molar-refractivity contribution in [1.82, 2.24) is 9.80 Å². The monoisotopic (exact) mass is 387 g/mol. The molecule has 1 aromatic rings. The molecule has 0 radical (unpaired) electrons. The van der Waals surface area contributed by atoms with E-state index in [0.717, 1.165) is 44.1 Å². The first-order chi connectivity index (χ1) is 12.6. The van der Waals surface area contributed by atoms with Crippen molar-refractivity contribution in [2.45, 2.75) is 32.6 Å². The number of halogens is 1. The highest BCUT2D eigenvalue weighted by molar-refractivity contribution is 5.85. The van der Waals surface area contributed by atoms with Crippen LogP contribution < -0.4 is 0 Å². The van der Waals surface area contributed by atoms with Crippen LogP contribution in [0.2, 0.25) is 0 Å². The molecule has 0 atom stereocenters. The molecule has 2 aliphatic rings. The Morgan fingerprint density at radius 3 is 2.63 bits per heavy atom.